The minimum atomic E-state index is -1.14. The number of carbonyl (C=O) groups excluding carboxylic acids is 2. The van der Waals surface area contributed by atoms with E-state index in [4.69, 9.17) is 5.73 Å². The number of oxime groups is 1. The van der Waals surface area contributed by atoms with Crippen LogP contribution in [0, 0.1) is 10.1 Å². The molecular weight excluding hydrogens is 242 g/mol. The zero-order valence-electron chi connectivity index (χ0n) is 9.32. The van der Waals surface area contributed by atoms with Crippen molar-refractivity contribution in [3.63, 3.8) is 0 Å². The van der Waals surface area contributed by atoms with Gasteiger partial charge in [-0.05, 0) is 12.1 Å². The number of carbonyl (C=O) groups is 2. The number of Topliss-reactive ketones (excluding diaryl/α,β-unsaturated/α-hetero) is 1. The molecule has 18 heavy (non-hydrogen) atoms. The molecule has 0 bridgehead atoms. The summed E-state index contributed by atoms with van der Waals surface area (Å²) in [5, 5.41) is 13.7. The van der Waals surface area contributed by atoms with E-state index in [1.54, 1.807) is 0 Å². The molecule has 0 unspecified atom stereocenters. The zero-order chi connectivity index (χ0) is 13.7. The Morgan fingerprint density at radius 2 is 1.89 bits per heavy atom. The number of non-ortho nitro benzene ring substituents is 1. The number of nitrogens with zero attached hydrogens (tertiary/aromatic N) is 2. The molecule has 0 atom stereocenters. The normalized spacial score (nSPS) is 10.8. The Morgan fingerprint density at radius 1 is 1.33 bits per heavy atom. The van der Waals surface area contributed by atoms with Crippen molar-refractivity contribution in [1.82, 2.24) is 0 Å². The molecule has 0 saturated heterocycles. The van der Waals surface area contributed by atoms with Crippen molar-refractivity contribution in [2.45, 2.75) is 6.92 Å². The van der Waals surface area contributed by atoms with Crippen LogP contribution in [-0.4, -0.2) is 22.5 Å². The standard InChI is InChI=1S/C10H9N3O5/c1-6(14)10(15)18-12-9(11)7-2-4-8(5-3-7)13(16)17/h2-5H,1H3,(H2,11,12). The van der Waals surface area contributed by atoms with Gasteiger partial charge in [-0.25, -0.2) is 4.79 Å². The Kier molecular flexibility index (Phi) is 4.08. The fourth-order valence-corrected chi connectivity index (χ4v) is 0.962. The third kappa shape index (κ3) is 3.37. The molecule has 0 aliphatic rings. The lowest BCUT2D eigenvalue weighted by atomic mass is 10.2. The van der Waals surface area contributed by atoms with Gasteiger partial charge in [-0.15, -0.1) is 0 Å². The number of hydrogen-bond acceptors (Lipinski definition) is 6. The SMILES string of the molecule is CC(=O)C(=O)O/N=C(\N)c1ccc([N+](=O)[O-])cc1. The molecule has 1 rings (SSSR count). The van der Waals surface area contributed by atoms with Crippen LogP contribution in [0.4, 0.5) is 5.69 Å². The molecule has 0 amide bonds. The quantitative estimate of drug-likeness (QED) is 0.205. The predicted molar refractivity (Wildman–Crippen MR) is 60.6 cm³/mol. The van der Waals surface area contributed by atoms with Crippen molar-refractivity contribution in [2.24, 2.45) is 10.9 Å². The molecule has 0 aliphatic carbocycles. The maximum absolute atomic E-state index is 10.8. The Hall–Kier alpha value is -2.77. The van der Waals surface area contributed by atoms with Gasteiger partial charge in [0.25, 0.3) is 5.69 Å². The number of rotatable bonds is 4. The predicted octanol–water partition coefficient (Wildman–Crippen LogP) is 0.347. The molecule has 0 spiro atoms. The zero-order valence-corrected chi connectivity index (χ0v) is 9.32. The summed E-state index contributed by atoms with van der Waals surface area (Å²) in [5.41, 5.74) is 5.69. The second-order valence-electron chi connectivity index (χ2n) is 3.22. The number of amidine groups is 1. The minimum Gasteiger partial charge on any atom is -0.380 e. The molecule has 2 N–H and O–H groups in total. The lowest BCUT2D eigenvalue weighted by Crippen LogP contribution is -2.17. The highest BCUT2D eigenvalue weighted by molar-refractivity contribution is 6.32. The third-order valence-corrected chi connectivity index (χ3v) is 1.89. The number of nitrogens with two attached hydrogens (primary N) is 1. The molecule has 0 saturated carbocycles. The molecule has 0 fully saturated rings. The van der Waals surface area contributed by atoms with Crippen molar-refractivity contribution in [2.75, 3.05) is 0 Å². The number of benzene rings is 1. The summed E-state index contributed by atoms with van der Waals surface area (Å²) in [6, 6.07) is 5.14. The summed E-state index contributed by atoms with van der Waals surface area (Å²) in [6.45, 7) is 1.03. The van der Waals surface area contributed by atoms with E-state index in [0.29, 0.717) is 5.56 Å². The Morgan fingerprint density at radius 3 is 2.33 bits per heavy atom. The summed E-state index contributed by atoms with van der Waals surface area (Å²) in [5.74, 6) is -2.12. The van der Waals surface area contributed by atoms with E-state index in [0.717, 1.165) is 6.92 Å². The van der Waals surface area contributed by atoms with Crippen LogP contribution in [0.3, 0.4) is 0 Å². The summed E-state index contributed by atoms with van der Waals surface area (Å²) in [7, 11) is 0. The summed E-state index contributed by atoms with van der Waals surface area (Å²) in [6.07, 6.45) is 0. The van der Waals surface area contributed by atoms with Gasteiger partial charge in [-0.2, -0.15) is 0 Å². The highest BCUT2D eigenvalue weighted by atomic mass is 16.7. The van der Waals surface area contributed by atoms with E-state index in [1.165, 1.54) is 24.3 Å². The van der Waals surface area contributed by atoms with E-state index in [1.807, 2.05) is 0 Å². The van der Waals surface area contributed by atoms with Gasteiger partial charge in [0.2, 0.25) is 5.78 Å². The van der Waals surface area contributed by atoms with Crippen molar-refractivity contribution in [1.29, 1.82) is 0 Å². The number of nitro groups is 1. The number of hydrogen-bond donors (Lipinski definition) is 1. The van der Waals surface area contributed by atoms with E-state index >= 15 is 0 Å². The molecule has 1 aromatic rings. The molecule has 0 heterocycles. The van der Waals surface area contributed by atoms with Gasteiger partial charge in [0.1, 0.15) is 0 Å². The van der Waals surface area contributed by atoms with Crippen LogP contribution < -0.4 is 5.73 Å². The summed E-state index contributed by atoms with van der Waals surface area (Å²) in [4.78, 5) is 35.4. The van der Waals surface area contributed by atoms with Crippen LogP contribution in [0.25, 0.3) is 0 Å². The number of nitro benzene ring substituents is 1. The second kappa shape index (κ2) is 5.53. The van der Waals surface area contributed by atoms with E-state index in [-0.39, 0.29) is 11.5 Å². The average Bonchev–Trinajstić information content (AvgIpc) is 2.35. The lowest BCUT2D eigenvalue weighted by Gasteiger charge is -1.99. The van der Waals surface area contributed by atoms with Crippen LogP contribution in [-0.2, 0) is 14.4 Å². The van der Waals surface area contributed by atoms with Gasteiger partial charge in [0.15, 0.2) is 5.84 Å². The largest absolute Gasteiger partial charge is 0.400 e. The van der Waals surface area contributed by atoms with Gasteiger partial charge in [-0.1, -0.05) is 5.16 Å². The molecular formula is C10H9N3O5. The van der Waals surface area contributed by atoms with Crippen LogP contribution in [0.1, 0.15) is 12.5 Å². The first-order valence-corrected chi connectivity index (χ1v) is 4.72. The highest BCUT2D eigenvalue weighted by Crippen LogP contribution is 2.11. The third-order valence-electron chi connectivity index (χ3n) is 1.89. The molecule has 94 valence electrons. The van der Waals surface area contributed by atoms with Crippen LogP contribution in [0.5, 0.6) is 0 Å². The smallest absolute Gasteiger partial charge is 0.380 e. The Bertz CT molecular complexity index is 521. The molecule has 0 aliphatic heterocycles. The van der Waals surface area contributed by atoms with Crippen molar-refractivity contribution < 1.29 is 19.3 Å². The first-order valence-electron chi connectivity index (χ1n) is 4.72. The van der Waals surface area contributed by atoms with Crippen molar-refractivity contribution >= 4 is 23.3 Å². The Labute approximate surface area is 101 Å². The van der Waals surface area contributed by atoms with Crippen LogP contribution in [0.2, 0.25) is 0 Å². The van der Waals surface area contributed by atoms with Gasteiger partial charge in [0, 0.05) is 24.6 Å². The van der Waals surface area contributed by atoms with Crippen LogP contribution >= 0.6 is 0 Å². The maximum Gasteiger partial charge on any atom is 0.400 e. The van der Waals surface area contributed by atoms with E-state index in [9.17, 15) is 19.7 Å². The van der Waals surface area contributed by atoms with Gasteiger partial charge in [-0.3, -0.25) is 14.9 Å². The van der Waals surface area contributed by atoms with Crippen molar-refractivity contribution in [3.05, 3.63) is 39.9 Å². The molecule has 1 aromatic carbocycles. The van der Waals surface area contributed by atoms with Gasteiger partial charge in [0.05, 0.1) is 4.92 Å². The summed E-state index contributed by atoms with van der Waals surface area (Å²) < 4.78 is 0. The summed E-state index contributed by atoms with van der Waals surface area (Å²) >= 11 is 0. The average molecular weight is 251 g/mol. The molecule has 8 heteroatoms. The van der Waals surface area contributed by atoms with Gasteiger partial charge >= 0.3 is 5.97 Å². The second-order valence-corrected chi connectivity index (χ2v) is 3.22. The lowest BCUT2D eigenvalue weighted by molar-refractivity contribution is -0.384. The monoisotopic (exact) mass is 251 g/mol. The van der Waals surface area contributed by atoms with E-state index < -0.39 is 16.7 Å². The van der Waals surface area contributed by atoms with Gasteiger partial charge < -0.3 is 10.6 Å². The topological polar surface area (TPSA) is 125 Å². The fourth-order valence-electron chi connectivity index (χ4n) is 0.962. The van der Waals surface area contributed by atoms with Crippen LogP contribution in [0.15, 0.2) is 29.4 Å². The van der Waals surface area contributed by atoms with E-state index in [2.05, 4.69) is 9.99 Å². The van der Waals surface area contributed by atoms with Crippen molar-refractivity contribution in [3.8, 4) is 0 Å². The first kappa shape index (κ1) is 13.3. The molecule has 8 nitrogen and oxygen atoms in total. The first-order chi connectivity index (χ1) is 8.41. The highest BCUT2D eigenvalue weighted by Gasteiger charge is 2.10. The Balaban J connectivity index is 2.81. The molecule has 0 aromatic heterocycles. The minimum absolute atomic E-state index is 0.104. The fraction of sp³-hybridized carbons (Fsp3) is 0.100. The number of ketones is 1. The maximum atomic E-state index is 10.8. The molecule has 0 radical (unpaired) electrons.